The number of ether oxygens (including phenoxy) is 1. The molecule has 2 aromatic heterocycles. The van der Waals surface area contributed by atoms with Gasteiger partial charge in [-0.05, 0) is 20.3 Å². The number of sulfonamides is 1. The highest BCUT2D eigenvalue weighted by atomic mass is 32.2. The van der Waals surface area contributed by atoms with Gasteiger partial charge in [0.2, 0.25) is 0 Å². The van der Waals surface area contributed by atoms with E-state index < -0.39 is 16.1 Å². The third kappa shape index (κ3) is 3.17. The van der Waals surface area contributed by atoms with Gasteiger partial charge in [-0.15, -0.1) is 0 Å². The van der Waals surface area contributed by atoms with Crippen LogP contribution in [-0.4, -0.2) is 40.2 Å². The van der Waals surface area contributed by atoms with Crippen molar-refractivity contribution in [3.63, 3.8) is 0 Å². The Morgan fingerprint density at radius 3 is 2.78 bits per heavy atom. The molecule has 23 heavy (non-hydrogen) atoms. The minimum atomic E-state index is -3.69. The van der Waals surface area contributed by atoms with E-state index in [0.717, 1.165) is 0 Å². The number of aryl methyl sites for hydroxylation is 1. The molecule has 1 saturated heterocycles. The van der Waals surface area contributed by atoms with Gasteiger partial charge in [0, 0.05) is 38.3 Å². The van der Waals surface area contributed by atoms with Crippen molar-refractivity contribution in [3.05, 3.63) is 30.7 Å². The summed E-state index contributed by atoms with van der Waals surface area (Å²) < 4.78 is 37.1. The molecule has 1 aliphatic rings. The maximum absolute atomic E-state index is 12.6. The summed E-state index contributed by atoms with van der Waals surface area (Å²) in [6.45, 7) is 4.42. The molecule has 2 aromatic rings. The fourth-order valence-electron chi connectivity index (χ4n) is 2.61. The second-order valence-corrected chi connectivity index (χ2v) is 7.62. The molecule has 1 N–H and O–H groups in total. The van der Waals surface area contributed by atoms with E-state index >= 15 is 0 Å². The topological polar surface area (TPSA) is 91.0 Å². The van der Waals surface area contributed by atoms with Crippen LogP contribution in [0.1, 0.15) is 38.2 Å². The molecule has 1 fully saturated rings. The van der Waals surface area contributed by atoms with Gasteiger partial charge in [0.15, 0.2) is 5.03 Å². The Balaban J connectivity index is 1.80. The van der Waals surface area contributed by atoms with E-state index in [1.54, 1.807) is 17.0 Å². The number of hydrogen-bond acceptors (Lipinski definition) is 5. The standard InChI is InChI=1S/C14H21N5O3S/c1-10(2)19-8-12(16-9-19)23(20,21)17-11-4-7-22-13(11)14-15-5-6-18(14)3/h5-6,8-11,13,17H,4,7H2,1-3H3/t11-,13-/m1/s1. The Bertz CT molecular complexity index is 780. The van der Waals surface area contributed by atoms with Crippen LogP contribution in [0.3, 0.4) is 0 Å². The number of nitrogens with zero attached hydrogens (tertiary/aromatic N) is 4. The molecule has 8 nitrogen and oxygen atoms in total. The molecule has 0 amide bonds. The predicted octanol–water partition coefficient (Wildman–Crippen LogP) is 1.01. The van der Waals surface area contributed by atoms with Crippen LogP contribution in [-0.2, 0) is 21.8 Å². The Kier molecular flexibility index (Phi) is 4.26. The van der Waals surface area contributed by atoms with E-state index in [-0.39, 0.29) is 17.1 Å². The summed E-state index contributed by atoms with van der Waals surface area (Å²) >= 11 is 0. The third-order valence-corrected chi connectivity index (χ3v) is 5.34. The van der Waals surface area contributed by atoms with E-state index in [2.05, 4.69) is 14.7 Å². The predicted molar refractivity (Wildman–Crippen MR) is 83.2 cm³/mol. The largest absolute Gasteiger partial charge is 0.369 e. The van der Waals surface area contributed by atoms with Crippen LogP contribution >= 0.6 is 0 Å². The second kappa shape index (κ2) is 6.06. The van der Waals surface area contributed by atoms with Crippen LogP contribution in [0.4, 0.5) is 0 Å². The Morgan fingerprint density at radius 1 is 1.39 bits per heavy atom. The highest BCUT2D eigenvalue weighted by Crippen LogP contribution is 2.28. The number of aromatic nitrogens is 4. The minimum absolute atomic E-state index is 0.0247. The Labute approximate surface area is 135 Å². The van der Waals surface area contributed by atoms with Gasteiger partial charge >= 0.3 is 0 Å². The first-order chi connectivity index (χ1) is 10.9. The fourth-order valence-corrected chi connectivity index (χ4v) is 3.82. The van der Waals surface area contributed by atoms with Crippen molar-refractivity contribution in [2.45, 2.75) is 43.5 Å². The van der Waals surface area contributed by atoms with Crippen LogP contribution in [0, 0.1) is 0 Å². The monoisotopic (exact) mass is 339 g/mol. The van der Waals surface area contributed by atoms with Crippen LogP contribution in [0.5, 0.6) is 0 Å². The fraction of sp³-hybridized carbons (Fsp3) is 0.571. The summed E-state index contributed by atoms with van der Waals surface area (Å²) in [6.07, 6.45) is 6.76. The van der Waals surface area contributed by atoms with Gasteiger partial charge in [0.1, 0.15) is 11.9 Å². The van der Waals surface area contributed by atoms with E-state index in [9.17, 15) is 8.42 Å². The van der Waals surface area contributed by atoms with E-state index in [1.807, 2.05) is 31.7 Å². The second-order valence-electron chi connectivity index (χ2n) is 5.96. The van der Waals surface area contributed by atoms with Gasteiger partial charge in [-0.2, -0.15) is 0 Å². The van der Waals surface area contributed by atoms with Gasteiger partial charge in [-0.25, -0.2) is 23.1 Å². The Morgan fingerprint density at radius 2 is 2.17 bits per heavy atom. The molecule has 0 radical (unpaired) electrons. The molecule has 1 aliphatic heterocycles. The lowest BCUT2D eigenvalue weighted by molar-refractivity contribution is 0.0932. The molecule has 0 aliphatic carbocycles. The first kappa shape index (κ1) is 16.2. The molecule has 0 bridgehead atoms. The van der Waals surface area contributed by atoms with Crippen molar-refractivity contribution in [2.24, 2.45) is 7.05 Å². The zero-order valence-electron chi connectivity index (χ0n) is 13.4. The van der Waals surface area contributed by atoms with E-state index in [0.29, 0.717) is 18.9 Å². The van der Waals surface area contributed by atoms with Crippen molar-refractivity contribution in [3.8, 4) is 0 Å². The molecule has 9 heteroatoms. The summed E-state index contributed by atoms with van der Waals surface area (Å²) in [5.74, 6) is 0.711. The molecule has 3 heterocycles. The van der Waals surface area contributed by atoms with E-state index in [4.69, 9.17) is 4.74 Å². The van der Waals surface area contributed by atoms with Gasteiger partial charge in [0.25, 0.3) is 10.0 Å². The highest BCUT2D eigenvalue weighted by Gasteiger charge is 2.36. The lowest BCUT2D eigenvalue weighted by Gasteiger charge is -2.19. The lowest BCUT2D eigenvalue weighted by atomic mass is 10.1. The first-order valence-electron chi connectivity index (χ1n) is 7.53. The number of hydrogen-bond donors (Lipinski definition) is 1. The van der Waals surface area contributed by atoms with Crippen LogP contribution < -0.4 is 4.72 Å². The molecule has 0 aromatic carbocycles. The van der Waals surface area contributed by atoms with Gasteiger partial charge in [-0.3, -0.25) is 0 Å². The van der Waals surface area contributed by atoms with Crippen molar-refractivity contribution >= 4 is 10.0 Å². The van der Waals surface area contributed by atoms with E-state index in [1.165, 1.54) is 6.33 Å². The summed E-state index contributed by atoms with van der Waals surface area (Å²) in [4.78, 5) is 8.27. The lowest BCUT2D eigenvalue weighted by Crippen LogP contribution is -2.37. The molecular weight excluding hydrogens is 318 g/mol. The molecule has 2 atom stereocenters. The summed E-state index contributed by atoms with van der Waals surface area (Å²) in [6, 6.07) is -0.202. The maximum Gasteiger partial charge on any atom is 0.259 e. The molecule has 0 saturated carbocycles. The van der Waals surface area contributed by atoms with Crippen molar-refractivity contribution < 1.29 is 13.2 Å². The molecule has 0 unspecified atom stereocenters. The average Bonchev–Trinajstić information content (AvgIpc) is 3.18. The normalized spacial score (nSPS) is 22.1. The number of nitrogens with one attached hydrogen (secondary N) is 1. The summed E-state index contributed by atoms with van der Waals surface area (Å²) in [5, 5.41) is 0.0247. The molecular formula is C14H21N5O3S. The minimum Gasteiger partial charge on any atom is -0.369 e. The zero-order valence-corrected chi connectivity index (χ0v) is 14.2. The SMILES string of the molecule is CC(C)n1cnc(S(=O)(=O)N[C@@H]2CCO[C@H]2c2nccn2C)c1. The van der Waals surface area contributed by atoms with Gasteiger partial charge in [0.05, 0.1) is 12.4 Å². The highest BCUT2D eigenvalue weighted by molar-refractivity contribution is 7.89. The summed E-state index contributed by atoms with van der Waals surface area (Å²) in [5.41, 5.74) is 0. The van der Waals surface area contributed by atoms with Crippen LogP contribution in [0.25, 0.3) is 0 Å². The number of rotatable bonds is 5. The summed E-state index contributed by atoms with van der Waals surface area (Å²) in [7, 11) is -1.83. The van der Waals surface area contributed by atoms with Crippen molar-refractivity contribution in [1.82, 2.24) is 23.8 Å². The smallest absolute Gasteiger partial charge is 0.259 e. The molecule has 126 valence electrons. The maximum atomic E-state index is 12.6. The van der Waals surface area contributed by atoms with Crippen molar-refractivity contribution in [2.75, 3.05) is 6.61 Å². The molecule has 3 rings (SSSR count). The molecule has 0 spiro atoms. The number of imidazole rings is 2. The van der Waals surface area contributed by atoms with Crippen LogP contribution in [0.2, 0.25) is 0 Å². The zero-order chi connectivity index (χ0) is 16.6. The first-order valence-corrected chi connectivity index (χ1v) is 9.01. The quantitative estimate of drug-likeness (QED) is 0.878. The van der Waals surface area contributed by atoms with Gasteiger partial charge < -0.3 is 13.9 Å². The third-order valence-electron chi connectivity index (χ3n) is 3.96. The van der Waals surface area contributed by atoms with Gasteiger partial charge in [-0.1, -0.05) is 0 Å². The van der Waals surface area contributed by atoms with Crippen molar-refractivity contribution in [1.29, 1.82) is 0 Å². The Hall–Kier alpha value is -1.71. The average molecular weight is 339 g/mol. The van der Waals surface area contributed by atoms with Crippen LogP contribution in [0.15, 0.2) is 29.9 Å².